The molecule has 2 fully saturated rings. The van der Waals surface area contributed by atoms with Crippen LogP contribution in [-0.2, 0) is 19.6 Å². The Bertz CT molecular complexity index is 1220. The van der Waals surface area contributed by atoms with Crippen LogP contribution in [-0.4, -0.2) is 75.4 Å². The van der Waals surface area contributed by atoms with Crippen molar-refractivity contribution in [3.63, 3.8) is 0 Å². The van der Waals surface area contributed by atoms with Crippen molar-refractivity contribution in [1.82, 2.24) is 9.29 Å². The van der Waals surface area contributed by atoms with Gasteiger partial charge in [0.2, 0.25) is 10.0 Å². The number of ether oxygens (including phenoxy) is 3. The number of sulfonamides is 1. The van der Waals surface area contributed by atoms with Crippen LogP contribution in [0.1, 0.15) is 46.5 Å². The topological polar surface area (TPSA) is 98.3 Å². The highest BCUT2D eigenvalue weighted by Crippen LogP contribution is 2.38. The van der Waals surface area contributed by atoms with Crippen LogP contribution in [0, 0.1) is 11.8 Å². The largest absolute Gasteiger partial charge is 0.493 e. The van der Waals surface area contributed by atoms with E-state index in [1.807, 2.05) is 24.4 Å². The molecule has 3 heterocycles. The van der Waals surface area contributed by atoms with E-state index in [0.717, 1.165) is 55.4 Å². The minimum atomic E-state index is -3.70. The first kappa shape index (κ1) is 27.4. The zero-order chi connectivity index (χ0) is 26.8. The lowest BCUT2D eigenvalue weighted by molar-refractivity contribution is -0.151. The fourth-order valence-corrected chi connectivity index (χ4v) is 6.93. The number of aromatic nitrogens is 1. The van der Waals surface area contributed by atoms with Gasteiger partial charge >= 0.3 is 5.97 Å². The summed E-state index contributed by atoms with van der Waals surface area (Å²) in [5.74, 6) is 0.776. The van der Waals surface area contributed by atoms with Crippen LogP contribution in [0.4, 0.5) is 5.69 Å². The summed E-state index contributed by atoms with van der Waals surface area (Å²) in [6.07, 6.45) is 5.63. The van der Waals surface area contributed by atoms with E-state index < -0.39 is 27.3 Å². The lowest BCUT2D eigenvalue weighted by Gasteiger charge is -2.41. The quantitative estimate of drug-likeness (QED) is 0.495. The molecule has 2 aliphatic heterocycles. The minimum absolute atomic E-state index is 0.294. The second-order valence-electron chi connectivity index (χ2n) is 11.0. The van der Waals surface area contributed by atoms with E-state index in [1.165, 1.54) is 4.31 Å². The summed E-state index contributed by atoms with van der Waals surface area (Å²) >= 11 is 0. The number of anilines is 1. The van der Waals surface area contributed by atoms with Crippen LogP contribution in [0.5, 0.6) is 11.5 Å². The molecule has 1 atom stereocenters. The fourth-order valence-electron chi connectivity index (χ4n) is 5.57. The highest BCUT2D eigenvalue weighted by Gasteiger charge is 2.36. The number of hydrogen-bond acceptors (Lipinski definition) is 8. The van der Waals surface area contributed by atoms with Gasteiger partial charge in [0.05, 0.1) is 19.7 Å². The van der Waals surface area contributed by atoms with Gasteiger partial charge < -0.3 is 19.1 Å². The van der Waals surface area contributed by atoms with Crippen LogP contribution in [0.15, 0.2) is 24.4 Å². The van der Waals surface area contributed by atoms with Gasteiger partial charge in [-0.05, 0) is 70.4 Å². The molecule has 1 aromatic heterocycles. The Hall–Kier alpha value is -2.59. The molecule has 10 heteroatoms. The Morgan fingerprint density at radius 3 is 2.35 bits per heavy atom. The van der Waals surface area contributed by atoms with Gasteiger partial charge in [0.1, 0.15) is 5.60 Å². The predicted octanol–water partition coefficient (Wildman–Crippen LogP) is 3.85. The van der Waals surface area contributed by atoms with E-state index in [-0.39, 0.29) is 0 Å². The van der Waals surface area contributed by atoms with E-state index in [4.69, 9.17) is 14.2 Å². The number of nitrogens with zero attached hydrogens (tertiary/aromatic N) is 3. The molecule has 1 unspecified atom stereocenters. The first-order chi connectivity index (χ1) is 17.5. The number of carbonyl (C=O) groups is 1. The molecule has 9 nitrogen and oxygen atoms in total. The van der Waals surface area contributed by atoms with Crippen molar-refractivity contribution in [3.05, 3.63) is 24.4 Å². The van der Waals surface area contributed by atoms with E-state index in [9.17, 15) is 13.2 Å². The zero-order valence-corrected chi connectivity index (χ0v) is 23.3. The van der Waals surface area contributed by atoms with Gasteiger partial charge in [-0.2, -0.15) is 0 Å². The van der Waals surface area contributed by atoms with Crippen LogP contribution < -0.4 is 14.4 Å². The van der Waals surface area contributed by atoms with Crippen LogP contribution in [0.25, 0.3) is 10.9 Å². The predicted molar refractivity (Wildman–Crippen MR) is 144 cm³/mol. The molecule has 2 aromatic rings. The van der Waals surface area contributed by atoms with Gasteiger partial charge in [0.25, 0.3) is 0 Å². The Balaban J connectivity index is 1.41. The summed E-state index contributed by atoms with van der Waals surface area (Å²) in [7, 11) is -0.448. The Morgan fingerprint density at radius 1 is 1.03 bits per heavy atom. The molecule has 0 amide bonds. The highest BCUT2D eigenvalue weighted by atomic mass is 32.2. The maximum atomic E-state index is 13.0. The molecule has 204 valence electrons. The number of carbonyl (C=O) groups excluding carboxylic acids is 1. The average molecular weight is 534 g/mol. The fraction of sp³-hybridized carbons (Fsp3) is 0.630. The number of esters is 1. The maximum absolute atomic E-state index is 13.0. The number of methoxy groups -OCH3 is 2. The third-order valence-corrected chi connectivity index (χ3v) is 9.02. The lowest BCUT2D eigenvalue weighted by atomic mass is 9.80. The van der Waals surface area contributed by atoms with Gasteiger partial charge in [-0.1, -0.05) is 0 Å². The first-order valence-electron chi connectivity index (χ1n) is 13.0. The molecule has 0 saturated carbocycles. The Morgan fingerprint density at radius 2 is 1.70 bits per heavy atom. The van der Waals surface area contributed by atoms with Crippen molar-refractivity contribution < 1.29 is 27.4 Å². The highest BCUT2D eigenvalue weighted by molar-refractivity contribution is 7.89. The number of piperidine rings is 2. The van der Waals surface area contributed by atoms with E-state index in [0.29, 0.717) is 36.4 Å². The minimum Gasteiger partial charge on any atom is -0.493 e. The van der Waals surface area contributed by atoms with Gasteiger partial charge in [0, 0.05) is 49.5 Å². The van der Waals surface area contributed by atoms with Crippen LogP contribution in [0.2, 0.25) is 0 Å². The molecular formula is C27H39N3O6S. The van der Waals surface area contributed by atoms with Crippen molar-refractivity contribution in [2.45, 2.75) is 52.1 Å². The average Bonchev–Trinajstić information content (AvgIpc) is 2.86. The molecule has 0 bridgehead atoms. The standard InChI is InChI=1S/C27H39N3O6S/c1-27(2,3)36-26(31)18-37(32,33)30-12-6-7-20(17-30)19-9-13-29(14-10-19)23-8-11-28-22-16-25(35-5)24(34-4)15-21(22)23/h8,11,15-16,19-20H,6-7,9-10,12-14,17-18H2,1-5H3. The molecule has 0 spiro atoms. The molecule has 37 heavy (non-hydrogen) atoms. The zero-order valence-electron chi connectivity index (χ0n) is 22.5. The third-order valence-electron chi connectivity index (χ3n) is 7.31. The monoisotopic (exact) mass is 533 g/mol. The molecule has 4 rings (SSSR count). The molecule has 0 N–H and O–H groups in total. The van der Waals surface area contributed by atoms with Crippen molar-refractivity contribution in [3.8, 4) is 11.5 Å². The summed E-state index contributed by atoms with van der Waals surface area (Å²) < 4.78 is 43.6. The smallest absolute Gasteiger partial charge is 0.323 e. The van der Waals surface area contributed by atoms with E-state index in [2.05, 4.69) is 9.88 Å². The Kier molecular flexibility index (Phi) is 8.18. The van der Waals surface area contributed by atoms with E-state index in [1.54, 1.807) is 35.0 Å². The first-order valence-corrected chi connectivity index (χ1v) is 14.6. The maximum Gasteiger partial charge on any atom is 0.323 e. The molecule has 2 saturated heterocycles. The number of pyridine rings is 1. The summed E-state index contributed by atoms with van der Waals surface area (Å²) in [4.78, 5) is 19.1. The normalized spacial score (nSPS) is 20.1. The van der Waals surface area contributed by atoms with Crippen molar-refractivity contribution in [2.75, 3.05) is 51.1 Å². The van der Waals surface area contributed by atoms with E-state index >= 15 is 0 Å². The van der Waals surface area contributed by atoms with Gasteiger partial charge in [-0.15, -0.1) is 0 Å². The number of fused-ring (bicyclic) bond motifs is 1. The van der Waals surface area contributed by atoms with Crippen LogP contribution >= 0.6 is 0 Å². The third kappa shape index (κ3) is 6.46. The van der Waals surface area contributed by atoms with Crippen molar-refractivity contribution in [2.24, 2.45) is 11.8 Å². The second-order valence-corrected chi connectivity index (χ2v) is 13.0. The molecule has 0 aliphatic carbocycles. The Labute approximate surface area is 220 Å². The summed E-state index contributed by atoms with van der Waals surface area (Å²) in [5, 5.41) is 1.02. The van der Waals surface area contributed by atoms with Crippen molar-refractivity contribution in [1.29, 1.82) is 0 Å². The molecule has 1 aromatic carbocycles. The lowest BCUT2D eigenvalue weighted by Crippen LogP contribution is -2.46. The van der Waals surface area contributed by atoms with Gasteiger partial charge in [0.15, 0.2) is 17.3 Å². The SMILES string of the molecule is COc1cc2nccc(N3CCC(C4CCCN(S(=O)(=O)CC(=O)OC(C)(C)C)C4)CC3)c2cc1OC. The summed E-state index contributed by atoms with van der Waals surface area (Å²) in [6.45, 7) is 7.94. The molecule has 2 aliphatic rings. The van der Waals surface area contributed by atoms with Crippen molar-refractivity contribution >= 4 is 32.6 Å². The van der Waals surface area contributed by atoms with Gasteiger partial charge in [-0.3, -0.25) is 9.78 Å². The molecule has 0 radical (unpaired) electrons. The second kappa shape index (κ2) is 11.0. The van der Waals surface area contributed by atoms with Gasteiger partial charge in [-0.25, -0.2) is 12.7 Å². The number of hydrogen-bond donors (Lipinski definition) is 0. The molecular weight excluding hydrogens is 494 g/mol. The number of rotatable bonds is 7. The number of benzene rings is 1. The summed E-state index contributed by atoms with van der Waals surface area (Å²) in [5.41, 5.74) is 1.27. The summed E-state index contributed by atoms with van der Waals surface area (Å²) in [6, 6.07) is 5.93. The van der Waals surface area contributed by atoms with Crippen LogP contribution in [0.3, 0.4) is 0 Å².